The van der Waals surface area contributed by atoms with Gasteiger partial charge in [0.2, 0.25) is 6.71 Å². The van der Waals surface area contributed by atoms with Gasteiger partial charge in [-0.15, -0.1) is 15.8 Å². The number of rotatable bonds is 2. The third-order valence-electron chi connectivity index (χ3n) is 7.48. The van der Waals surface area contributed by atoms with Gasteiger partial charge in [0.15, 0.2) is 0 Å². The lowest BCUT2D eigenvalue weighted by Crippen LogP contribution is -2.70. The van der Waals surface area contributed by atoms with Gasteiger partial charge in [-0.05, 0) is 32.7 Å². The maximum Gasteiger partial charge on any atom is 0.286 e. The lowest BCUT2D eigenvalue weighted by molar-refractivity contribution is 1.67. The van der Waals surface area contributed by atoms with Crippen molar-refractivity contribution in [2.75, 3.05) is 0 Å². The fourth-order valence-electron chi connectivity index (χ4n) is 6.04. The highest BCUT2D eigenvalue weighted by Gasteiger charge is 2.37. The van der Waals surface area contributed by atoms with Gasteiger partial charge in [0, 0.05) is 0 Å². The van der Waals surface area contributed by atoms with Gasteiger partial charge in [0.05, 0.1) is 0 Å². The van der Waals surface area contributed by atoms with E-state index in [-0.39, 0.29) is 12.2 Å². The fraction of sp³-hybridized carbons (Fsp3) is 0. The first kappa shape index (κ1) is 20.8. The van der Waals surface area contributed by atoms with Crippen molar-refractivity contribution >= 4 is 76.9 Å². The van der Waals surface area contributed by atoms with Crippen LogP contribution in [0.15, 0.2) is 127 Å². The minimum absolute atomic E-state index is 0.163. The van der Waals surface area contributed by atoms with Gasteiger partial charge in [-0.3, -0.25) is 0 Å². The van der Waals surface area contributed by atoms with E-state index in [1.54, 1.807) is 0 Å². The van der Waals surface area contributed by atoms with Crippen LogP contribution in [-0.4, -0.2) is 12.2 Å². The Labute approximate surface area is 214 Å². The van der Waals surface area contributed by atoms with Crippen molar-refractivity contribution in [3.05, 3.63) is 127 Å². The van der Waals surface area contributed by atoms with Gasteiger partial charge in [0.1, 0.15) is 0 Å². The Morgan fingerprint density at radius 1 is 0.400 bits per heavy atom. The zero-order valence-electron chi connectivity index (χ0n) is 19.2. The van der Waals surface area contributed by atoms with E-state index < -0.39 is 0 Å². The number of hydrogen-bond donors (Lipinski definition) is 0. The predicted octanol–water partition coefficient (Wildman–Crippen LogP) is 4.99. The standard InChI is InChI=1S/C32H21B2Br/c35-34-29-20-10-8-18-27(29)33(28-19-9-11-21-30(28)34)32-25-16-6-4-14-23(25)31(22-12-2-1-3-13-22)24-15-5-7-17-26(24)32/h1-21H. The summed E-state index contributed by atoms with van der Waals surface area (Å²) in [4.78, 5) is 0. The molecule has 1 aliphatic rings. The molecule has 0 fully saturated rings. The summed E-state index contributed by atoms with van der Waals surface area (Å²) in [5.74, 6) is 0. The molecule has 6 aromatic carbocycles. The van der Waals surface area contributed by atoms with Crippen molar-refractivity contribution in [1.29, 1.82) is 0 Å². The molecule has 0 nitrogen and oxygen atoms in total. The molecule has 0 aromatic heterocycles. The van der Waals surface area contributed by atoms with Crippen molar-refractivity contribution < 1.29 is 0 Å². The van der Waals surface area contributed by atoms with Crippen molar-refractivity contribution in [2.24, 2.45) is 0 Å². The van der Waals surface area contributed by atoms with E-state index in [4.69, 9.17) is 0 Å². The molecule has 0 bridgehead atoms. The van der Waals surface area contributed by atoms with Crippen LogP contribution in [0.4, 0.5) is 0 Å². The van der Waals surface area contributed by atoms with Crippen LogP contribution in [0.5, 0.6) is 0 Å². The minimum atomic E-state index is 0.163. The third kappa shape index (κ3) is 3.15. The number of benzene rings is 6. The SMILES string of the molecule is BrB1c2ccccc2B(c2c3ccccc3c(-c3ccccc3)c3ccccc23)c2ccccc21. The van der Waals surface area contributed by atoms with Crippen molar-refractivity contribution in [1.82, 2.24) is 0 Å². The van der Waals surface area contributed by atoms with Gasteiger partial charge in [-0.2, -0.15) is 0 Å². The molecule has 0 aliphatic carbocycles. The van der Waals surface area contributed by atoms with E-state index in [1.807, 2.05) is 0 Å². The zero-order valence-corrected chi connectivity index (χ0v) is 20.7. The summed E-state index contributed by atoms with van der Waals surface area (Å²) >= 11 is 4.03. The Morgan fingerprint density at radius 2 is 0.800 bits per heavy atom. The van der Waals surface area contributed by atoms with E-state index in [0.29, 0.717) is 0 Å². The summed E-state index contributed by atoms with van der Waals surface area (Å²) in [5, 5.41) is 5.27. The van der Waals surface area contributed by atoms with Gasteiger partial charge >= 0.3 is 0 Å². The molecule has 1 aliphatic heterocycles. The third-order valence-corrected chi connectivity index (χ3v) is 8.47. The van der Waals surface area contributed by atoms with E-state index in [2.05, 4.69) is 143 Å². The van der Waals surface area contributed by atoms with Crippen LogP contribution in [0.25, 0.3) is 32.7 Å². The topological polar surface area (TPSA) is 0 Å². The van der Waals surface area contributed by atoms with Crippen LogP contribution in [0.1, 0.15) is 0 Å². The smallest absolute Gasteiger partial charge is 0.143 e. The Hall–Kier alpha value is -3.55. The number of hydrogen-bond acceptors (Lipinski definition) is 0. The van der Waals surface area contributed by atoms with Crippen LogP contribution in [0.2, 0.25) is 0 Å². The first-order chi connectivity index (χ1) is 17.3. The molecule has 3 heteroatoms. The minimum Gasteiger partial charge on any atom is -0.143 e. The molecule has 1 heterocycles. The lowest BCUT2D eigenvalue weighted by atomic mass is 9.27. The Kier molecular flexibility index (Phi) is 4.92. The monoisotopic (exact) mass is 506 g/mol. The highest BCUT2D eigenvalue weighted by atomic mass is 79.9. The van der Waals surface area contributed by atoms with Gasteiger partial charge in [-0.1, -0.05) is 155 Å². The van der Waals surface area contributed by atoms with Gasteiger partial charge in [-0.25, -0.2) is 0 Å². The fourth-order valence-corrected chi connectivity index (χ4v) is 6.88. The van der Waals surface area contributed by atoms with E-state index >= 15 is 0 Å². The first-order valence-electron chi connectivity index (χ1n) is 12.1. The molecule has 0 radical (unpaired) electrons. The maximum absolute atomic E-state index is 4.03. The van der Waals surface area contributed by atoms with Gasteiger partial charge in [0.25, 0.3) is 5.54 Å². The predicted molar refractivity (Wildman–Crippen MR) is 158 cm³/mol. The molecule has 162 valence electrons. The van der Waals surface area contributed by atoms with E-state index in [0.717, 1.165) is 0 Å². The zero-order chi connectivity index (χ0) is 23.4. The molecule has 7 rings (SSSR count). The molecular weight excluding hydrogens is 486 g/mol. The summed E-state index contributed by atoms with van der Waals surface area (Å²) in [6.07, 6.45) is 0. The molecule has 0 saturated heterocycles. The van der Waals surface area contributed by atoms with E-state index in [1.165, 1.54) is 60.0 Å². The second-order valence-electron chi connectivity index (χ2n) is 9.30. The molecule has 0 saturated carbocycles. The summed E-state index contributed by atoms with van der Waals surface area (Å²) < 4.78 is 0. The van der Waals surface area contributed by atoms with Gasteiger partial charge < -0.3 is 0 Å². The highest BCUT2D eigenvalue weighted by molar-refractivity contribution is 9.25. The second kappa shape index (κ2) is 8.29. The Bertz CT molecular complexity index is 1620. The van der Waals surface area contributed by atoms with Crippen LogP contribution in [0.3, 0.4) is 0 Å². The average Bonchev–Trinajstić information content (AvgIpc) is 2.93. The van der Waals surface area contributed by atoms with Crippen LogP contribution < -0.4 is 27.3 Å². The molecule has 6 aromatic rings. The quantitative estimate of drug-likeness (QED) is 0.229. The van der Waals surface area contributed by atoms with Crippen molar-refractivity contribution in [3.8, 4) is 11.1 Å². The maximum atomic E-state index is 4.03. The molecule has 35 heavy (non-hydrogen) atoms. The number of fused-ring (bicyclic) bond motifs is 4. The summed E-state index contributed by atoms with van der Waals surface area (Å²) in [6.45, 7) is 0.163. The average molecular weight is 507 g/mol. The van der Waals surface area contributed by atoms with Crippen molar-refractivity contribution in [3.63, 3.8) is 0 Å². The summed E-state index contributed by atoms with van der Waals surface area (Å²) in [7, 11) is 0. The Morgan fingerprint density at radius 3 is 1.31 bits per heavy atom. The summed E-state index contributed by atoms with van der Waals surface area (Å²) in [6, 6.07) is 46.6. The molecule has 0 amide bonds. The molecule has 0 unspecified atom stereocenters. The highest BCUT2D eigenvalue weighted by Crippen LogP contribution is 2.35. The molecule has 0 atom stereocenters. The second-order valence-corrected chi connectivity index (χ2v) is 10.2. The first-order valence-corrected chi connectivity index (χ1v) is 13.0. The van der Waals surface area contributed by atoms with Crippen LogP contribution in [-0.2, 0) is 0 Å². The largest absolute Gasteiger partial charge is 0.286 e. The Balaban J connectivity index is 1.66. The van der Waals surface area contributed by atoms with Crippen molar-refractivity contribution in [2.45, 2.75) is 0 Å². The molecular formula is C32H21B2Br. The van der Waals surface area contributed by atoms with Crippen LogP contribution >= 0.6 is 15.8 Å². The molecule has 0 N–H and O–H groups in total. The number of halogens is 1. The molecule has 0 spiro atoms. The summed E-state index contributed by atoms with van der Waals surface area (Å²) in [5.41, 5.74) is 9.66. The van der Waals surface area contributed by atoms with E-state index in [9.17, 15) is 0 Å². The van der Waals surface area contributed by atoms with Crippen LogP contribution in [0, 0.1) is 0 Å². The lowest BCUT2D eigenvalue weighted by Gasteiger charge is -2.31. The normalized spacial score (nSPS) is 12.6.